The number of rotatable bonds is 3. The highest BCUT2D eigenvalue weighted by molar-refractivity contribution is 7.11. The Morgan fingerprint density at radius 2 is 1.78 bits per heavy atom. The molecule has 0 radical (unpaired) electrons. The van der Waals surface area contributed by atoms with Crippen LogP contribution in [0.3, 0.4) is 0 Å². The molecule has 5 rings (SSSR count). The molecule has 0 unspecified atom stereocenters. The lowest BCUT2D eigenvalue weighted by Gasteiger charge is -2.39. The molecule has 32 heavy (non-hydrogen) atoms. The lowest BCUT2D eigenvalue weighted by molar-refractivity contribution is 0.0536. The summed E-state index contributed by atoms with van der Waals surface area (Å²) < 4.78 is 13.6. The second-order valence-electron chi connectivity index (χ2n) is 8.52. The summed E-state index contributed by atoms with van der Waals surface area (Å²) in [4.78, 5) is 35.3. The van der Waals surface area contributed by atoms with Crippen LogP contribution < -0.4 is 0 Å². The summed E-state index contributed by atoms with van der Waals surface area (Å²) in [6.45, 7) is 3.59. The molecule has 5 nitrogen and oxygen atoms in total. The van der Waals surface area contributed by atoms with E-state index in [1.165, 1.54) is 23.5 Å². The summed E-state index contributed by atoms with van der Waals surface area (Å²) in [6.07, 6.45) is 0.727. The van der Waals surface area contributed by atoms with Gasteiger partial charge in [0.1, 0.15) is 10.7 Å². The molecular formula is C25H24FN3O2S. The average Bonchev–Trinajstić information content (AvgIpc) is 3.42. The summed E-state index contributed by atoms with van der Waals surface area (Å²) in [5, 5.41) is 0. The van der Waals surface area contributed by atoms with Gasteiger partial charge in [-0.3, -0.25) is 9.59 Å². The minimum absolute atomic E-state index is 0.00846. The molecule has 0 bridgehead atoms. The van der Waals surface area contributed by atoms with Crippen LogP contribution in [0.25, 0.3) is 0 Å². The fourth-order valence-electron chi connectivity index (χ4n) is 5.11. The Balaban J connectivity index is 1.45. The van der Waals surface area contributed by atoms with Gasteiger partial charge >= 0.3 is 0 Å². The molecule has 3 aromatic rings. The van der Waals surface area contributed by atoms with Crippen molar-refractivity contribution in [3.8, 4) is 0 Å². The Morgan fingerprint density at radius 1 is 1.03 bits per heavy atom. The van der Waals surface area contributed by atoms with E-state index < -0.39 is 0 Å². The molecule has 2 saturated heterocycles. The normalized spacial score (nSPS) is 22.6. The highest BCUT2D eigenvalue weighted by Crippen LogP contribution is 2.42. The zero-order valence-electron chi connectivity index (χ0n) is 17.8. The van der Waals surface area contributed by atoms with Gasteiger partial charge in [-0.15, -0.1) is 11.3 Å². The van der Waals surface area contributed by atoms with Crippen molar-refractivity contribution >= 4 is 23.2 Å². The number of aromatic nitrogens is 1. The first-order chi connectivity index (χ1) is 15.5. The van der Waals surface area contributed by atoms with Crippen LogP contribution in [-0.2, 0) is 0 Å². The molecule has 2 fully saturated rings. The zero-order chi connectivity index (χ0) is 22.2. The van der Waals surface area contributed by atoms with Crippen molar-refractivity contribution in [2.45, 2.75) is 25.3 Å². The van der Waals surface area contributed by atoms with Crippen LogP contribution in [0.15, 0.2) is 60.1 Å². The van der Waals surface area contributed by atoms with Gasteiger partial charge in [-0.05, 0) is 43.2 Å². The number of thiazole rings is 1. The Bertz CT molecular complexity index is 1130. The summed E-state index contributed by atoms with van der Waals surface area (Å²) in [5.41, 5.74) is 4.13. The minimum Gasteiger partial charge on any atom is -0.337 e. The number of benzene rings is 2. The number of nitrogens with zero attached hydrogens (tertiary/aromatic N) is 3. The predicted octanol–water partition coefficient (Wildman–Crippen LogP) is 4.36. The molecule has 0 saturated carbocycles. The Kier molecular flexibility index (Phi) is 5.51. The average molecular weight is 450 g/mol. The minimum atomic E-state index is -0.276. The van der Waals surface area contributed by atoms with Gasteiger partial charge in [0, 0.05) is 43.1 Å². The van der Waals surface area contributed by atoms with E-state index in [1.54, 1.807) is 5.51 Å². The number of amides is 2. The molecule has 0 aliphatic carbocycles. The van der Waals surface area contributed by atoms with E-state index in [2.05, 4.69) is 4.98 Å². The molecular weight excluding hydrogens is 425 g/mol. The van der Waals surface area contributed by atoms with Crippen LogP contribution in [0.1, 0.15) is 43.6 Å². The van der Waals surface area contributed by atoms with E-state index in [-0.39, 0.29) is 35.5 Å². The molecule has 3 heterocycles. The monoisotopic (exact) mass is 449 g/mol. The van der Waals surface area contributed by atoms with Crippen LogP contribution in [-0.4, -0.2) is 52.3 Å². The molecule has 2 amide bonds. The van der Waals surface area contributed by atoms with Crippen LogP contribution in [0.2, 0.25) is 0 Å². The Hall–Kier alpha value is -3.06. The molecule has 0 N–H and O–H groups in total. The maximum atomic E-state index is 13.6. The van der Waals surface area contributed by atoms with Crippen molar-refractivity contribution < 1.29 is 14.0 Å². The SMILES string of the molecule is Cc1ncsc1C(=O)N1CC[C@@H]2[C@H](C1)[C@@H](c1ccc(F)cc1)CN2C(=O)c1ccccc1. The highest BCUT2D eigenvalue weighted by atomic mass is 32.1. The topological polar surface area (TPSA) is 53.5 Å². The summed E-state index contributed by atoms with van der Waals surface area (Å²) in [6, 6.07) is 15.9. The number of halogens is 1. The third-order valence-corrected chi connectivity index (χ3v) is 7.65. The summed E-state index contributed by atoms with van der Waals surface area (Å²) in [5.74, 6) is -0.107. The molecule has 1 aromatic heterocycles. The van der Waals surface area contributed by atoms with Crippen LogP contribution in [0, 0.1) is 18.7 Å². The Labute approximate surface area is 190 Å². The first-order valence-corrected chi connectivity index (χ1v) is 11.7. The first kappa shape index (κ1) is 20.8. The molecule has 164 valence electrons. The van der Waals surface area contributed by atoms with Crippen molar-refractivity contribution in [3.63, 3.8) is 0 Å². The molecule has 7 heteroatoms. The van der Waals surface area contributed by atoms with Crippen molar-refractivity contribution in [1.29, 1.82) is 0 Å². The fraction of sp³-hybridized carbons (Fsp3) is 0.320. The van der Waals surface area contributed by atoms with Gasteiger partial charge in [-0.1, -0.05) is 30.3 Å². The smallest absolute Gasteiger partial charge is 0.265 e. The number of fused-ring (bicyclic) bond motifs is 1. The van der Waals surface area contributed by atoms with E-state index in [1.807, 2.05) is 59.2 Å². The maximum absolute atomic E-state index is 13.6. The largest absolute Gasteiger partial charge is 0.337 e. The van der Waals surface area contributed by atoms with Gasteiger partial charge in [-0.25, -0.2) is 9.37 Å². The summed E-state index contributed by atoms with van der Waals surface area (Å²) >= 11 is 1.37. The van der Waals surface area contributed by atoms with Gasteiger partial charge in [0.05, 0.1) is 11.2 Å². The van der Waals surface area contributed by atoms with E-state index in [0.29, 0.717) is 30.1 Å². The lowest BCUT2D eigenvalue weighted by atomic mass is 9.81. The number of aryl methyl sites for hydroxylation is 1. The number of hydrogen-bond acceptors (Lipinski definition) is 4. The number of likely N-dealkylation sites (tertiary alicyclic amines) is 2. The van der Waals surface area contributed by atoms with E-state index in [4.69, 9.17) is 0 Å². The van der Waals surface area contributed by atoms with Gasteiger partial charge in [0.2, 0.25) is 0 Å². The van der Waals surface area contributed by atoms with Crippen LogP contribution in [0.4, 0.5) is 4.39 Å². The van der Waals surface area contributed by atoms with Gasteiger partial charge in [0.25, 0.3) is 11.8 Å². The lowest BCUT2D eigenvalue weighted by Crippen LogP contribution is -2.49. The maximum Gasteiger partial charge on any atom is 0.265 e. The predicted molar refractivity (Wildman–Crippen MR) is 121 cm³/mol. The molecule has 2 aliphatic heterocycles. The number of piperidine rings is 1. The van der Waals surface area contributed by atoms with Gasteiger partial charge in [0.15, 0.2) is 0 Å². The van der Waals surface area contributed by atoms with E-state index in [9.17, 15) is 14.0 Å². The van der Waals surface area contributed by atoms with Crippen molar-refractivity contribution in [3.05, 3.63) is 87.6 Å². The second-order valence-corrected chi connectivity index (χ2v) is 9.37. The first-order valence-electron chi connectivity index (χ1n) is 10.8. The van der Waals surface area contributed by atoms with Gasteiger partial charge < -0.3 is 9.80 Å². The third kappa shape index (κ3) is 3.71. The quantitative estimate of drug-likeness (QED) is 0.597. The van der Waals surface area contributed by atoms with E-state index >= 15 is 0 Å². The van der Waals surface area contributed by atoms with Crippen molar-refractivity contribution in [2.75, 3.05) is 19.6 Å². The number of hydrogen-bond donors (Lipinski definition) is 0. The van der Waals surface area contributed by atoms with Crippen LogP contribution >= 0.6 is 11.3 Å². The number of carbonyl (C=O) groups excluding carboxylic acids is 2. The van der Waals surface area contributed by atoms with Crippen LogP contribution in [0.5, 0.6) is 0 Å². The molecule has 3 atom stereocenters. The second kappa shape index (κ2) is 8.47. The molecule has 2 aromatic carbocycles. The Morgan fingerprint density at radius 3 is 2.47 bits per heavy atom. The fourth-order valence-corrected chi connectivity index (χ4v) is 5.88. The molecule has 0 spiro atoms. The summed E-state index contributed by atoms with van der Waals surface area (Å²) in [7, 11) is 0. The zero-order valence-corrected chi connectivity index (χ0v) is 18.6. The van der Waals surface area contributed by atoms with Crippen molar-refractivity contribution in [2.24, 2.45) is 5.92 Å². The molecule has 2 aliphatic rings. The highest BCUT2D eigenvalue weighted by Gasteiger charge is 2.48. The third-order valence-electron chi connectivity index (χ3n) is 6.74. The van der Waals surface area contributed by atoms with E-state index in [0.717, 1.165) is 17.7 Å². The standard InChI is InChI=1S/C25H24FN3O2S/c1-16-23(32-15-27-16)25(31)28-12-11-22-21(13-28)20(17-7-9-19(26)10-8-17)14-29(22)24(30)18-5-3-2-4-6-18/h2-10,15,20-22H,11-14H2,1H3/t20-,21-,22-/m1/s1. The number of carbonyl (C=O) groups is 2. The van der Waals surface area contributed by atoms with Gasteiger partial charge in [-0.2, -0.15) is 0 Å². The van der Waals surface area contributed by atoms with Crippen molar-refractivity contribution in [1.82, 2.24) is 14.8 Å².